The summed E-state index contributed by atoms with van der Waals surface area (Å²) in [4.78, 5) is 4.33. The van der Waals surface area contributed by atoms with Crippen molar-refractivity contribution in [1.29, 1.82) is 0 Å². The fourth-order valence-corrected chi connectivity index (χ4v) is 2.07. The van der Waals surface area contributed by atoms with Crippen LogP contribution in [-0.4, -0.2) is 25.7 Å². The van der Waals surface area contributed by atoms with E-state index in [1.165, 1.54) is 11.1 Å². The quantitative estimate of drug-likeness (QED) is 0.287. The molecule has 0 aliphatic heterocycles. The molecule has 1 aromatic carbocycles. The molecule has 3 N–H and O–H groups in total. The monoisotopic (exact) mass is 455 g/mol. The van der Waals surface area contributed by atoms with Gasteiger partial charge < -0.3 is 15.8 Å². The first-order valence-corrected chi connectivity index (χ1v) is 7.29. The number of aliphatic imine (C=N–C) groups is 1. The van der Waals surface area contributed by atoms with Gasteiger partial charge in [0, 0.05) is 24.2 Å². The van der Waals surface area contributed by atoms with E-state index in [-0.39, 0.29) is 24.0 Å². The number of guanidine groups is 1. The third kappa shape index (κ3) is 8.06. The minimum Gasteiger partial charge on any atom is -0.382 e. The van der Waals surface area contributed by atoms with Gasteiger partial charge in [-0.15, -0.1) is 24.0 Å². The number of nitrogens with one attached hydrogen (secondary N) is 1. The van der Waals surface area contributed by atoms with E-state index in [2.05, 4.69) is 45.3 Å². The Morgan fingerprint density at radius 3 is 2.85 bits per heavy atom. The minimum absolute atomic E-state index is 0. The van der Waals surface area contributed by atoms with Crippen LogP contribution in [0.25, 0.3) is 0 Å². The lowest BCUT2D eigenvalue weighted by atomic mass is 10.1. The van der Waals surface area contributed by atoms with E-state index < -0.39 is 0 Å². The maximum Gasteiger partial charge on any atom is 0.188 e. The lowest BCUT2D eigenvalue weighted by Crippen LogP contribution is -2.32. The molecular formula is C14H23BrIN3O. The van der Waals surface area contributed by atoms with Crippen molar-refractivity contribution < 1.29 is 4.74 Å². The van der Waals surface area contributed by atoms with Crippen LogP contribution in [0.1, 0.15) is 24.5 Å². The van der Waals surface area contributed by atoms with Crippen LogP contribution in [-0.2, 0) is 11.3 Å². The van der Waals surface area contributed by atoms with Gasteiger partial charge >= 0.3 is 0 Å². The highest BCUT2D eigenvalue weighted by Gasteiger charge is 1.98. The molecule has 0 heterocycles. The van der Waals surface area contributed by atoms with Gasteiger partial charge in [-0.05, 0) is 43.5 Å². The fraction of sp³-hybridized carbons (Fsp3) is 0.500. The second kappa shape index (κ2) is 11.3. The summed E-state index contributed by atoms with van der Waals surface area (Å²) in [7, 11) is 0. The van der Waals surface area contributed by atoms with Crippen molar-refractivity contribution >= 4 is 45.9 Å². The smallest absolute Gasteiger partial charge is 0.188 e. The van der Waals surface area contributed by atoms with Crippen molar-refractivity contribution in [3.05, 3.63) is 33.8 Å². The molecule has 0 atom stereocenters. The largest absolute Gasteiger partial charge is 0.382 e. The fourth-order valence-electron chi connectivity index (χ4n) is 1.60. The average molecular weight is 456 g/mol. The Labute approximate surface area is 146 Å². The van der Waals surface area contributed by atoms with Crippen molar-refractivity contribution in [2.75, 3.05) is 19.8 Å². The summed E-state index contributed by atoms with van der Waals surface area (Å²) in [6, 6.07) is 6.16. The number of halogens is 2. The predicted octanol–water partition coefficient (Wildman–Crippen LogP) is 3.21. The van der Waals surface area contributed by atoms with Gasteiger partial charge in [0.15, 0.2) is 5.96 Å². The van der Waals surface area contributed by atoms with E-state index in [0.717, 1.165) is 30.7 Å². The zero-order valence-electron chi connectivity index (χ0n) is 12.0. The summed E-state index contributed by atoms with van der Waals surface area (Å²) in [6.07, 6.45) is 0.932. The predicted molar refractivity (Wildman–Crippen MR) is 98.7 cm³/mol. The molecule has 0 bridgehead atoms. The number of ether oxygens (including phenoxy) is 1. The summed E-state index contributed by atoms with van der Waals surface area (Å²) in [5, 5.41) is 3.08. The summed E-state index contributed by atoms with van der Waals surface area (Å²) in [5.41, 5.74) is 8.20. The first-order chi connectivity index (χ1) is 9.13. The Hall–Kier alpha value is -0.340. The molecule has 0 radical (unpaired) electrons. The van der Waals surface area contributed by atoms with Gasteiger partial charge in [0.05, 0.1) is 6.54 Å². The molecule has 1 aromatic rings. The second-order valence-corrected chi connectivity index (χ2v) is 5.17. The summed E-state index contributed by atoms with van der Waals surface area (Å²) < 4.78 is 6.33. The van der Waals surface area contributed by atoms with Gasteiger partial charge in [-0.3, -0.25) is 0 Å². The van der Waals surface area contributed by atoms with E-state index >= 15 is 0 Å². The third-order valence-corrected chi connectivity index (χ3v) is 3.19. The zero-order valence-corrected chi connectivity index (χ0v) is 15.9. The summed E-state index contributed by atoms with van der Waals surface area (Å²) >= 11 is 3.45. The van der Waals surface area contributed by atoms with Gasteiger partial charge in [0.25, 0.3) is 0 Å². The molecule has 114 valence electrons. The molecule has 0 aliphatic rings. The molecule has 20 heavy (non-hydrogen) atoms. The van der Waals surface area contributed by atoms with E-state index in [9.17, 15) is 0 Å². The molecule has 0 fully saturated rings. The maximum absolute atomic E-state index is 5.81. The van der Waals surface area contributed by atoms with Crippen LogP contribution in [0.2, 0.25) is 0 Å². The van der Waals surface area contributed by atoms with Gasteiger partial charge in [-0.25, -0.2) is 4.99 Å². The highest BCUT2D eigenvalue weighted by atomic mass is 127. The number of hydrogen-bond donors (Lipinski definition) is 2. The Bertz CT molecular complexity index is 427. The first-order valence-electron chi connectivity index (χ1n) is 6.50. The van der Waals surface area contributed by atoms with Crippen molar-refractivity contribution in [2.24, 2.45) is 10.7 Å². The van der Waals surface area contributed by atoms with Crippen molar-refractivity contribution in [3.63, 3.8) is 0 Å². The van der Waals surface area contributed by atoms with Crippen LogP contribution in [0.3, 0.4) is 0 Å². The number of benzene rings is 1. The van der Waals surface area contributed by atoms with Crippen LogP contribution in [0.4, 0.5) is 0 Å². The normalized spacial score (nSPS) is 11.1. The Kier molecular flexibility index (Phi) is 11.1. The Morgan fingerprint density at radius 1 is 1.45 bits per heavy atom. The van der Waals surface area contributed by atoms with E-state index in [0.29, 0.717) is 12.5 Å². The van der Waals surface area contributed by atoms with E-state index in [1.54, 1.807) is 0 Å². The standard InChI is InChI=1S/C14H22BrN3O.HI/c1-3-19-8-4-7-17-14(16)18-10-12-5-6-13(15)9-11(12)2;/h5-6,9H,3-4,7-8,10H2,1-2H3,(H3,16,17,18);1H. The molecule has 1 rings (SSSR count). The van der Waals surface area contributed by atoms with Crippen molar-refractivity contribution in [3.8, 4) is 0 Å². The molecule has 0 amide bonds. The first kappa shape index (κ1) is 19.7. The Balaban J connectivity index is 0.00000361. The molecular weight excluding hydrogens is 433 g/mol. The SMILES string of the molecule is CCOCCCNC(N)=NCc1ccc(Br)cc1C.I. The van der Waals surface area contributed by atoms with Crippen LogP contribution >= 0.6 is 39.9 Å². The van der Waals surface area contributed by atoms with Gasteiger partial charge in [0.1, 0.15) is 0 Å². The molecule has 0 aliphatic carbocycles. The molecule has 0 saturated heterocycles. The molecule has 0 spiro atoms. The lowest BCUT2D eigenvalue weighted by Gasteiger charge is -2.07. The van der Waals surface area contributed by atoms with E-state index in [4.69, 9.17) is 10.5 Å². The second-order valence-electron chi connectivity index (χ2n) is 4.25. The summed E-state index contributed by atoms with van der Waals surface area (Å²) in [5.74, 6) is 0.485. The Morgan fingerprint density at radius 2 is 2.20 bits per heavy atom. The van der Waals surface area contributed by atoms with Crippen LogP contribution in [0, 0.1) is 6.92 Å². The zero-order chi connectivity index (χ0) is 14.1. The van der Waals surface area contributed by atoms with Gasteiger partial charge in [0.2, 0.25) is 0 Å². The number of nitrogens with zero attached hydrogens (tertiary/aromatic N) is 1. The molecule has 0 aromatic heterocycles. The molecule has 0 unspecified atom stereocenters. The lowest BCUT2D eigenvalue weighted by molar-refractivity contribution is 0.145. The molecule has 6 heteroatoms. The number of nitrogens with two attached hydrogens (primary N) is 1. The average Bonchev–Trinajstić information content (AvgIpc) is 2.37. The van der Waals surface area contributed by atoms with Gasteiger partial charge in [-0.2, -0.15) is 0 Å². The van der Waals surface area contributed by atoms with E-state index in [1.807, 2.05) is 13.0 Å². The minimum atomic E-state index is 0. The van der Waals surface area contributed by atoms with Gasteiger partial charge in [-0.1, -0.05) is 22.0 Å². The van der Waals surface area contributed by atoms with Crippen LogP contribution in [0.5, 0.6) is 0 Å². The van der Waals surface area contributed by atoms with Crippen molar-refractivity contribution in [1.82, 2.24) is 5.32 Å². The van der Waals surface area contributed by atoms with Crippen molar-refractivity contribution in [2.45, 2.75) is 26.8 Å². The highest BCUT2D eigenvalue weighted by Crippen LogP contribution is 2.16. The van der Waals surface area contributed by atoms with Crippen LogP contribution < -0.4 is 11.1 Å². The number of aryl methyl sites for hydroxylation is 1. The number of rotatable bonds is 7. The third-order valence-electron chi connectivity index (χ3n) is 2.70. The highest BCUT2D eigenvalue weighted by molar-refractivity contribution is 14.0. The maximum atomic E-state index is 5.81. The van der Waals surface area contributed by atoms with Crippen LogP contribution in [0.15, 0.2) is 27.7 Å². The topological polar surface area (TPSA) is 59.6 Å². The summed E-state index contributed by atoms with van der Waals surface area (Å²) in [6.45, 7) is 6.96. The molecule has 4 nitrogen and oxygen atoms in total. The number of hydrogen-bond acceptors (Lipinski definition) is 2. The molecule has 0 saturated carbocycles.